The molecule has 5 heteroatoms. The van der Waals surface area contributed by atoms with Gasteiger partial charge >= 0.3 is 5.97 Å². The number of ether oxygens (including phenoxy) is 2. The molecule has 0 atom stereocenters. The zero-order valence-electron chi connectivity index (χ0n) is 12.2. The molecule has 2 N–H and O–H groups in total. The van der Waals surface area contributed by atoms with Crippen molar-refractivity contribution < 1.29 is 19.1 Å². The van der Waals surface area contributed by atoms with Gasteiger partial charge in [-0.2, -0.15) is 0 Å². The quantitative estimate of drug-likeness (QED) is 0.829. The van der Waals surface area contributed by atoms with Gasteiger partial charge in [0.05, 0.1) is 5.56 Å². The summed E-state index contributed by atoms with van der Waals surface area (Å²) in [4.78, 5) is 23.0. The summed E-state index contributed by atoms with van der Waals surface area (Å²) in [6.45, 7) is 1.85. The number of esters is 1. The minimum Gasteiger partial charge on any atom is -0.481 e. The standard InChI is InChI=1S/C17H17NO4/c1-12-6-2-3-7-13(12)10-22-16(19)11-21-15-9-5-4-8-14(15)17(18)20/h2-9H,10-11H2,1H3,(H2,18,20). The van der Waals surface area contributed by atoms with E-state index in [1.54, 1.807) is 18.2 Å². The number of primary amides is 1. The van der Waals surface area contributed by atoms with Crippen molar-refractivity contribution in [1.29, 1.82) is 0 Å². The largest absolute Gasteiger partial charge is 0.481 e. The summed E-state index contributed by atoms with van der Waals surface area (Å²) in [6, 6.07) is 14.1. The number of hydrogen-bond donors (Lipinski definition) is 1. The normalized spacial score (nSPS) is 10.0. The SMILES string of the molecule is Cc1ccccc1COC(=O)COc1ccccc1C(N)=O. The van der Waals surface area contributed by atoms with E-state index in [-0.39, 0.29) is 24.5 Å². The molecule has 0 heterocycles. The Bertz CT molecular complexity index is 682. The summed E-state index contributed by atoms with van der Waals surface area (Å²) in [7, 11) is 0. The smallest absolute Gasteiger partial charge is 0.344 e. The highest BCUT2D eigenvalue weighted by Gasteiger charge is 2.11. The fraction of sp³-hybridized carbons (Fsp3) is 0.176. The van der Waals surface area contributed by atoms with E-state index in [0.29, 0.717) is 0 Å². The molecule has 114 valence electrons. The molecule has 0 saturated carbocycles. The lowest BCUT2D eigenvalue weighted by molar-refractivity contribution is -0.147. The van der Waals surface area contributed by atoms with Crippen molar-refractivity contribution in [2.75, 3.05) is 6.61 Å². The molecule has 22 heavy (non-hydrogen) atoms. The van der Waals surface area contributed by atoms with Gasteiger partial charge < -0.3 is 15.2 Å². The number of nitrogens with two attached hydrogens (primary N) is 1. The van der Waals surface area contributed by atoms with Crippen LogP contribution in [0.1, 0.15) is 21.5 Å². The Hall–Kier alpha value is -2.82. The van der Waals surface area contributed by atoms with Crippen LogP contribution in [0.5, 0.6) is 5.75 Å². The van der Waals surface area contributed by atoms with Gasteiger partial charge in [0.2, 0.25) is 0 Å². The highest BCUT2D eigenvalue weighted by atomic mass is 16.6. The second kappa shape index (κ2) is 7.26. The minimum absolute atomic E-state index is 0.187. The maximum absolute atomic E-state index is 11.7. The highest BCUT2D eigenvalue weighted by molar-refractivity contribution is 5.95. The first-order chi connectivity index (χ1) is 10.6. The van der Waals surface area contributed by atoms with Crippen molar-refractivity contribution in [3.63, 3.8) is 0 Å². The number of benzene rings is 2. The molecule has 0 fully saturated rings. The van der Waals surface area contributed by atoms with Gasteiger partial charge in [-0.05, 0) is 30.2 Å². The molecular formula is C17H17NO4. The Morgan fingerprint density at radius 3 is 2.45 bits per heavy atom. The molecule has 1 amide bonds. The van der Waals surface area contributed by atoms with Crippen molar-refractivity contribution in [2.45, 2.75) is 13.5 Å². The van der Waals surface area contributed by atoms with Crippen LogP contribution in [0, 0.1) is 6.92 Å². The molecule has 0 radical (unpaired) electrons. The van der Waals surface area contributed by atoms with Crippen LogP contribution in [0.3, 0.4) is 0 Å². The molecule has 0 aliphatic carbocycles. The van der Waals surface area contributed by atoms with E-state index in [9.17, 15) is 9.59 Å². The van der Waals surface area contributed by atoms with Crippen molar-refractivity contribution in [3.8, 4) is 5.75 Å². The van der Waals surface area contributed by atoms with Crippen molar-refractivity contribution >= 4 is 11.9 Å². The number of carbonyl (C=O) groups excluding carboxylic acids is 2. The molecule has 2 aromatic carbocycles. The monoisotopic (exact) mass is 299 g/mol. The van der Waals surface area contributed by atoms with Crippen molar-refractivity contribution in [1.82, 2.24) is 0 Å². The fourth-order valence-corrected chi connectivity index (χ4v) is 1.90. The first-order valence-electron chi connectivity index (χ1n) is 6.79. The lowest BCUT2D eigenvalue weighted by Gasteiger charge is -2.10. The lowest BCUT2D eigenvalue weighted by atomic mass is 10.1. The van der Waals surface area contributed by atoms with E-state index < -0.39 is 11.9 Å². The summed E-state index contributed by atoms with van der Waals surface area (Å²) < 4.78 is 10.5. The van der Waals surface area contributed by atoms with E-state index in [1.807, 2.05) is 31.2 Å². The highest BCUT2D eigenvalue weighted by Crippen LogP contribution is 2.17. The third-order valence-electron chi connectivity index (χ3n) is 3.15. The van der Waals surface area contributed by atoms with Crippen LogP contribution >= 0.6 is 0 Å². The van der Waals surface area contributed by atoms with Crippen LogP contribution in [0.4, 0.5) is 0 Å². The van der Waals surface area contributed by atoms with Gasteiger partial charge in [-0.25, -0.2) is 4.79 Å². The van der Waals surface area contributed by atoms with Crippen LogP contribution in [0.15, 0.2) is 48.5 Å². The summed E-state index contributed by atoms with van der Waals surface area (Å²) in [6.07, 6.45) is 0. The minimum atomic E-state index is -0.608. The predicted molar refractivity (Wildman–Crippen MR) is 81.4 cm³/mol. The van der Waals surface area contributed by atoms with E-state index in [0.717, 1.165) is 11.1 Å². The lowest BCUT2D eigenvalue weighted by Crippen LogP contribution is -2.18. The number of para-hydroxylation sites is 1. The summed E-state index contributed by atoms with van der Waals surface area (Å²) in [5, 5.41) is 0. The van der Waals surface area contributed by atoms with Crippen LogP contribution < -0.4 is 10.5 Å². The molecule has 0 aromatic heterocycles. The molecule has 0 aliphatic rings. The van der Waals surface area contributed by atoms with Crippen LogP contribution in [0.25, 0.3) is 0 Å². The van der Waals surface area contributed by atoms with E-state index >= 15 is 0 Å². The third kappa shape index (κ3) is 4.09. The van der Waals surface area contributed by atoms with E-state index in [2.05, 4.69) is 0 Å². The second-order valence-electron chi connectivity index (χ2n) is 4.74. The number of rotatable bonds is 6. The van der Waals surface area contributed by atoms with Crippen LogP contribution in [-0.2, 0) is 16.1 Å². The predicted octanol–water partition coefficient (Wildman–Crippen LogP) is 2.22. The van der Waals surface area contributed by atoms with Crippen LogP contribution in [-0.4, -0.2) is 18.5 Å². The molecule has 2 rings (SSSR count). The van der Waals surface area contributed by atoms with E-state index in [4.69, 9.17) is 15.2 Å². The molecule has 0 aliphatic heterocycles. The average Bonchev–Trinajstić information content (AvgIpc) is 2.52. The van der Waals surface area contributed by atoms with Gasteiger partial charge in [0.1, 0.15) is 12.4 Å². The van der Waals surface area contributed by atoms with E-state index in [1.165, 1.54) is 6.07 Å². The van der Waals surface area contributed by atoms with Gasteiger partial charge in [-0.15, -0.1) is 0 Å². The van der Waals surface area contributed by atoms with Gasteiger partial charge in [0, 0.05) is 0 Å². The molecule has 0 saturated heterocycles. The Kier molecular flexibility index (Phi) is 5.14. The van der Waals surface area contributed by atoms with Gasteiger partial charge in [0.25, 0.3) is 5.91 Å². The molecule has 0 bridgehead atoms. The number of carbonyl (C=O) groups is 2. The fourth-order valence-electron chi connectivity index (χ4n) is 1.90. The average molecular weight is 299 g/mol. The van der Waals surface area contributed by atoms with Gasteiger partial charge in [-0.1, -0.05) is 36.4 Å². The van der Waals surface area contributed by atoms with Gasteiger partial charge in [-0.3, -0.25) is 4.79 Å². The number of aryl methyl sites for hydroxylation is 1. The van der Waals surface area contributed by atoms with Crippen molar-refractivity contribution in [3.05, 3.63) is 65.2 Å². The molecular weight excluding hydrogens is 282 g/mol. The Morgan fingerprint density at radius 2 is 1.73 bits per heavy atom. The number of hydrogen-bond acceptors (Lipinski definition) is 4. The first kappa shape index (κ1) is 15.6. The maximum atomic E-state index is 11.7. The van der Waals surface area contributed by atoms with Gasteiger partial charge in [0.15, 0.2) is 6.61 Å². The summed E-state index contributed by atoms with van der Waals surface area (Å²) in [5.74, 6) is -0.853. The Balaban J connectivity index is 1.89. The molecule has 0 unspecified atom stereocenters. The summed E-state index contributed by atoms with van der Waals surface area (Å²) in [5.41, 5.74) is 7.46. The third-order valence-corrected chi connectivity index (χ3v) is 3.15. The topological polar surface area (TPSA) is 78.6 Å². The molecule has 2 aromatic rings. The maximum Gasteiger partial charge on any atom is 0.344 e. The van der Waals surface area contributed by atoms with Crippen molar-refractivity contribution in [2.24, 2.45) is 5.73 Å². The molecule has 0 spiro atoms. The Labute approximate surface area is 128 Å². The molecule has 5 nitrogen and oxygen atoms in total. The second-order valence-corrected chi connectivity index (χ2v) is 4.74. The zero-order valence-corrected chi connectivity index (χ0v) is 12.2. The Morgan fingerprint density at radius 1 is 1.05 bits per heavy atom. The first-order valence-corrected chi connectivity index (χ1v) is 6.79. The van der Waals surface area contributed by atoms with Crippen LogP contribution in [0.2, 0.25) is 0 Å². The summed E-state index contributed by atoms with van der Waals surface area (Å²) >= 11 is 0. The number of amides is 1. The zero-order chi connectivity index (χ0) is 15.9.